The van der Waals surface area contributed by atoms with Crippen LogP contribution >= 0.6 is 0 Å². The molecule has 0 aliphatic carbocycles. The molecule has 0 N–H and O–H groups in total. The molecular formula is C65H109NO8. The van der Waals surface area contributed by atoms with Gasteiger partial charge in [0.15, 0.2) is 12.4 Å². The minimum atomic E-state index is -1.62. The highest BCUT2D eigenvalue weighted by atomic mass is 16.7. The van der Waals surface area contributed by atoms with Gasteiger partial charge in [0.2, 0.25) is 0 Å². The van der Waals surface area contributed by atoms with Gasteiger partial charge < -0.3 is 33.3 Å². The van der Waals surface area contributed by atoms with Crippen molar-refractivity contribution in [2.75, 3.05) is 47.5 Å². The van der Waals surface area contributed by atoms with E-state index in [2.05, 4.69) is 123 Å². The molecule has 0 fully saturated rings. The van der Waals surface area contributed by atoms with Crippen LogP contribution in [-0.2, 0) is 33.3 Å². The van der Waals surface area contributed by atoms with E-state index in [4.69, 9.17) is 18.9 Å². The molecule has 0 aromatic carbocycles. The number of unbranched alkanes of at least 4 members (excludes halogenated alkanes) is 20. The summed E-state index contributed by atoms with van der Waals surface area (Å²) in [7, 11) is 5.91. The van der Waals surface area contributed by atoms with Crippen molar-refractivity contribution in [3.8, 4) is 0 Å². The van der Waals surface area contributed by atoms with Crippen molar-refractivity contribution < 1.29 is 42.9 Å². The van der Waals surface area contributed by atoms with Crippen molar-refractivity contribution in [1.29, 1.82) is 0 Å². The molecule has 0 radical (unpaired) electrons. The topological polar surface area (TPSA) is 111 Å². The number of hydrogen-bond acceptors (Lipinski definition) is 8. The minimum Gasteiger partial charge on any atom is -0.545 e. The largest absolute Gasteiger partial charge is 0.545 e. The van der Waals surface area contributed by atoms with Gasteiger partial charge >= 0.3 is 11.9 Å². The van der Waals surface area contributed by atoms with Crippen LogP contribution in [0.2, 0.25) is 0 Å². The number of aliphatic carboxylic acids is 1. The molecule has 0 heterocycles. The molecule has 74 heavy (non-hydrogen) atoms. The molecule has 0 aromatic rings. The van der Waals surface area contributed by atoms with E-state index in [0.29, 0.717) is 17.4 Å². The third-order valence-electron chi connectivity index (χ3n) is 12.3. The highest BCUT2D eigenvalue weighted by Gasteiger charge is 2.22. The van der Waals surface area contributed by atoms with Crippen LogP contribution in [0.25, 0.3) is 0 Å². The van der Waals surface area contributed by atoms with Crippen molar-refractivity contribution in [1.82, 2.24) is 0 Å². The van der Waals surface area contributed by atoms with Crippen molar-refractivity contribution in [3.05, 3.63) is 109 Å². The fourth-order valence-electron chi connectivity index (χ4n) is 7.76. The van der Waals surface area contributed by atoms with E-state index in [0.717, 1.165) is 96.3 Å². The molecular weight excluding hydrogens is 923 g/mol. The average Bonchev–Trinajstić information content (AvgIpc) is 3.37. The lowest BCUT2D eigenvalue weighted by molar-refractivity contribution is -0.870. The van der Waals surface area contributed by atoms with Gasteiger partial charge in [0.05, 0.1) is 40.3 Å². The normalized spacial score (nSPS) is 13.6. The Balaban J connectivity index is 4.00. The number of allylic oxidation sites excluding steroid dienone is 18. The lowest BCUT2D eigenvalue weighted by Gasteiger charge is -2.26. The summed E-state index contributed by atoms with van der Waals surface area (Å²) in [5.74, 6) is -2.29. The molecule has 9 nitrogen and oxygen atoms in total. The molecule has 0 aliphatic rings. The van der Waals surface area contributed by atoms with Crippen LogP contribution in [0.3, 0.4) is 0 Å². The van der Waals surface area contributed by atoms with Crippen LogP contribution in [0, 0.1) is 0 Å². The summed E-state index contributed by atoms with van der Waals surface area (Å²) in [6, 6.07) is 0. The van der Waals surface area contributed by atoms with E-state index in [1.807, 2.05) is 21.1 Å². The molecule has 0 bridgehead atoms. The van der Waals surface area contributed by atoms with Gasteiger partial charge in [0.25, 0.3) is 0 Å². The zero-order valence-corrected chi connectivity index (χ0v) is 47.9. The standard InChI is InChI=1S/C65H109NO8/c1-6-8-10-12-14-16-17-18-19-20-21-22-23-24-25-26-27-28-29-30-31-32-33-34-35-36-37-38-39-40-41-42-43-44-45-46-47-48-50-52-54-56-63(68)74-61(60-73-65(64(69)70)71-58-57-66(3,4)5)59-72-62(67)55-53-51-49-15-13-11-9-7-2/h8,10,14,16,18-19,21-22,24-25,27-28,30-31,33-34,36-37,61,65H,6-7,9,11-13,15,17,20,23,26,29,32,35,38-60H2,1-5H3/b10-8-,16-14-,19-18-,22-21-,25-24-,28-27-,31-30-,34-33-,37-36-. The Morgan fingerprint density at radius 3 is 1.15 bits per heavy atom. The molecule has 422 valence electrons. The second kappa shape index (κ2) is 55.2. The first kappa shape index (κ1) is 70.0. The monoisotopic (exact) mass is 1030 g/mol. The van der Waals surface area contributed by atoms with E-state index in [9.17, 15) is 19.5 Å². The predicted molar refractivity (Wildman–Crippen MR) is 310 cm³/mol. The van der Waals surface area contributed by atoms with Gasteiger partial charge in [0.1, 0.15) is 13.2 Å². The van der Waals surface area contributed by atoms with Gasteiger partial charge in [0, 0.05) is 12.8 Å². The first-order valence-corrected chi connectivity index (χ1v) is 29.5. The summed E-state index contributed by atoms with van der Waals surface area (Å²) in [4.78, 5) is 37.0. The summed E-state index contributed by atoms with van der Waals surface area (Å²) >= 11 is 0. The Bertz CT molecular complexity index is 1580. The van der Waals surface area contributed by atoms with Gasteiger partial charge in [-0.25, -0.2) is 0 Å². The van der Waals surface area contributed by atoms with Crippen LogP contribution in [0.15, 0.2) is 109 Å². The van der Waals surface area contributed by atoms with Gasteiger partial charge in [-0.05, 0) is 83.5 Å². The lowest BCUT2D eigenvalue weighted by Crippen LogP contribution is -2.44. The number of carboxylic acid groups (broad SMARTS) is 1. The molecule has 0 aromatic heterocycles. The zero-order valence-electron chi connectivity index (χ0n) is 47.9. The van der Waals surface area contributed by atoms with E-state index < -0.39 is 24.3 Å². The van der Waals surface area contributed by atoms with Gasteiger partial charge in [-0.2, -0.15) is 0 Å². The molecule has 9 heteroatoms. The second-order valence-electron chi connectivity index (χ2n) is 20.6. The average molecular weight is 1030 g/mol. The molecule has 0 saturated heterocycles. The number of likely N-dealkylation sites (N-methyl/N-ethyl adjacent to an activating group) is 1. The third-order valence-corrected chi connectivity index (χ3v) is 12.3. The number of carbonyl (C=O) groups is 3. The Morgan fingerprint density at radius 2 is 0.770 bits per heavy atom. The highest BCUT2D eigenvalue weighted by molar-refractivity contribution is 5.70. The predicted octanol–water partition coefficient (Wildman–Crippen LogP) is 16.2. The van der Waals surface area contributed by atoms with E-state index in [1.165, 1.54) is 96.3 Å². The van der Waals surface area contributed by atoms with Gasteiger partial charge in [-0.3, -0.25) is 9.59 Å². The maximum absolute atomic E-state index is 12.8. The summed E-state index contributed by atoms with van der Waals surface area (Å²) in [5, 5.41) is 11.7. The van der Waals surface area contributed by atoms with E-state index >= 15 is 0 Å². The quantitative estimate of drug-likeness (QED) is 0.0195. The zero-order chi connectivity index (χ0) is 54.1. The number of esters is 2. The lowest BCUT2D eigenvalue weighted by atomic mass is 10.0. The van der Waals surface area contributed by atoms with Crippen molar-refractivity contribution in [2.45, 2.75) is 238 Å². The Hall–Kier alpha value is -4.05. The smallest absolute Gasteiger partial charge is 0.306 e. The van der Waals surface area contributed by atoms with Crippen LogP contribution < -0.4 is 5.11 Å². The summed E-state index contributed by atoms with van der Waals surface area (Å²) in [5.41, 5.74) is 0. The van der Waals surface area contributed by atoms with Crippen molar-refractivity contribution >= 4 is 17.9 Å². The SMILES string of the molecule is CC/C=C\C/C=C\C/C=C\C/C=C\C/C=C\C/C=C\C/C=C\C/C=C\C/C=C\CCCCCCCCCCCCCCCC(=O)OC(COC(=O)CCCCCCCCCC)COC(OCC[N+](C)(C)C)C(=O)[O-]. The molecule has 0 saturated carbocycles. The van der Waals surface area contributed by atoms with Crippen molar-refractivity contribution in [2.24, 2.45) is 0 Å². The summed E-state index contributed by atoms with van der Waals surface area (Å²) < 4.78 is 22.6. The highest BCUT2D eigenvalue weighted by Crippen LogP contribution is 2.15. The first-order chi connectivity index (χ1) is 36.1. The number of carbonyl (C=O) groups excluding carboxylic acids is 3. The van der Waals surface area contributed by atoms with Crippen LogP contribution in [0.4, 0.5) is 0 Å². The molecule has 0 aliphatic heterocycles. The fourth-order valence-corrected chi connectivity index (χ4v) is 7.76. The maximum atomic E-state index is 12.8. The van der Waals surface area contributed by atoms with Crippen molar-refractivity contribution in [3.63, 3.8) is 0 Å². The molecule has 0 spiro atoms. The summed E-state index contributed by atoms with van der Waals surface area (Å²) in [6.45, 7) is 4.58. The second-order valence-corrected chi connectivity index (χ2v) is 20.6. The van der Waals surface area contributed by atoms with Crippen LogP contribution in [-0.4, -0.2) is 82.3 Å². The van der Waals surface area contributed by atoms with Gasteiger partial charge in [-0.1, -0.05) is 239 Å². The molecule has 0 amide bonds. The number of ether oxygens (including phenoxy) is 4. The Kier molecular flexibility index (Phi) is 52.2. The number of carboxylic acids is 1. The van der Waals surface area contributed by atoms with Crippen LogP contribution in [0.1, 0.15) is 226 Å². The Morgan fingerprint density at radius 1 is 0.419 bits per heavy atom. The van der Waals surface area contributed by atoms with E-state index in [1.54, 1.807) is 0 Å². The third kappa shape index (κ3) is 55.7. The minimum absolute atomic E-state index is 0.145. The van der Waals surface area contributed by atoms with Crippen LogP contribution in [0.5, 0.6) is 0 Å². The number of hydrogen-bond donors (Lipinski definition) is 0. The number of rotatable bonds is 53. The number of quaternary nitrogens is 1. The van der Waals surface area contributed by atoms with E-state index in [-0.39, 0.29) is 38.6 Å². The fraction of sp³-hybridized carbons (Fsp3) is 0.677. The summed E-state index contributed by atoms with van der Waals surface area (Å²) in [6.07, 6.45) is 73.2. The Labute approximate surface area is 454 Å². The molecule has 0 rings (SSSR count). The molecule has 2 atom stereocenters. The van der Waals surface area contributed by atoms with Gasteiger partial charge in [-0.15, -0.1) is 0 Å². The first-order valence-electron chi connectivity index (χ1n) is 29.5. The molecule has 2 unspecified atom stereocenters. The number of nitrogens with zero attached hydrogens (tertiary/aromatic N) is 1. The maximum Gasteiger partial charge on any atom is 0.306 e.